The monoisotopic (exact) mass is 516 g/mol. The van der Waals surface area contributed by atoms with E-state index in [1.54, 1.807) is 0 Å². The predicted molar refractivity (Wildman–Crippen MR) is 122 cm³/mol. The quantitative estimate of drug-likeness (QED) is 0.435. The molecule has 0 bridgehead atoms. The molecule has 0 radical (unpaired) electrons. The first kappa shape index (κ1) is 26.1. The van der Waals surface area contributed by atoms with E-state index in [4.69, 9.17) is 27.3 Å². The Kier molecular flexibility index (Phi) is 8.29. The van der Waals surface area contributed by atoms with Gasteiger partial charge in [0.05, 0.1) is 50.4 Å². The molecule has 188 valence electrons. The summed E-state index contributed by atoms with van der Waals surface area (Å²) in [6, 6.07) is 8.28. The maximum absolute atomic E-state index is 12.8. The second-order valence-corrected chi connectivity index (χ2v) is 10.7. The van der Waals surface area contributed by atoms with Gasteiger partial charge in [0.25, 0.3) is 20.2 Å². The van der Waals surface area contributed by atoms with Crippen LogP contribution in [0.15, 0.2) is 46.2 Å². The van der Waals surface area contributed by atoms with Crippen molar-refractivity contribution in [2.45, 2.75) is 47.7 Å². The Labute approximate surface area is 199 Å². The molecule has 34 heavy (non-hydrogen) atoms. The molecular weight excluding hydrogens is 488 g/mol. The molecule has 2 atom stereocenters. The molecular formula is C22H28O10S2. The smallest absolute Gasteiger partial charge is 0.297 e. The number of hydrogen-bond acceptors (Lipinski definition) is 10. The molecule has 0 saturated heterocycles. The fourth-order valence-corrected chi connectivity index (χ4v) is 5.95. The highest BCUT2D eigenvalue weighted by Crippen LogP contribution is 2.34. The Morgan fingerprint density at radius 2 is 1.00 bits per heavy atom. The van der Waals surface area contributed by atoms with Crippen molar-refractivity contribution in [3.05, 3.63) is 36.4 Å². The molecule has 2 aromatic rings. The standard InChI is InChI=1S/C22H28O10S2/c1-27-19-10-8-17(13-21(19)29-3)33(23,24)31-15-6-5-7-16(12-15)32-34(25,26)18-9-11-20(28-2)22(14-18)30-4/h8-11,13-16H,5-7,12H2,1-4H3. The lowest BCUT2D eigenvalue weighted by atomic mass is 9.95. The van der Waals surface area contributed by atoms with Gasteiger partial charge in [0, 0.05) is 18.6 Å². The van der Waals surface area contributed by atoms with Gasteiger partial charge in [0.15, 0.2) is 23.0 Å². The summed E-state index contributed by atoms with van der Waals surface area (Å²) in [7, 11) is -2.56. The Morgan fingerprint density at radius 3 is 1.35 bits per heavy atom. The van der Waals surface area contributed by atoms with Gasteiger partial charge in [0.1, 0.15) is 0 Å². The zero-order chi connectivity index (χ0) is 24.9. The summed E-state index contributed by atoms with van der Waals surface area (Å²) >= 11 is 0. The van der Waals surface area contributed by atoms with Gasteiger partial charge in [-0.05, 0) is 43.5 Å². The Bertz CT molecular complexity index is 1110. The van der Waals surface area contributed by atoms with Crippen molar-refractivity contribution in [1.82, 2.24) is 0 Å². The van der Waals surface area contributed by atoms with E-state index < -0.39 is 32.4 Å². The van der Waals surface area contributed by atoms with Crippen LogP contribution < -0.4 is 18.9 Å². The number of hydrogen-bond donors (Lipinski definition) is 0. The zero-order valence-electron chi connectivity index (χ0n) is 19.3. The summed E-state index contributed by atoms with van der Waals surface area (Å²) in [5.74, 6) is 1.26. The molecule has 0 spiro atoms. The van der Waals surface area contributed by atoms with E-state index in [0.29, 0.717) is 30.8 Å². The summed E-state index contributed by atoms with van der Waals surface area (Å²) < 4.78 is 82.7. The summed E-state index contributed by atoms with van der Waals surface area (Å²) in [5.41, 5.74) is 0. The second kappa shape index (κ2) is 10.8. The van der Waals surface area contributed by atoms with Crippen LogP contribution in [0.4, 0.5) is 0 Å². The lowest BCUT2D eigenvalue weighted by Gasteiger charge is -2.28. The lowest BCUT2D eigenvalue weighted by Crippen LogP contribution is -2.31. The molecule has 1 saturated carbocycles. The van der Waals surface area contributed by atoms with Crippen LogP contribution in [-0.2, 0) is 28.6 Å². The molecule has 0 aliphatic heterocycles. The molecule has 1 fully saturated rings. The molecule has 0 heterocycles. The number of ether oxygens (including phenoxy) is 4. The van der Waals surface area contributed by atoms with E-state index in [9.17, 15) is 16.8 Å². The van der Waals surface area contributed by atoms with Gasteiger partial charge in [-0.25, -0.2) is 0 Å². The molecule has 12 heteroatoms. The van der Waals surface area contributed by atoms with Crippen molar-refractivity contribution in [2.75, 3.05) is 28.4 Å². The van der Waals surface area contributed by atoms with Gasteiger partial charge in [-0.1, -0.05) is 0 Å². The molecule has 2 unspecified atom stereocenters. The van der Waals surface area contributed by atoms with E-state index in [0.717, 1.165) is 0 Å². The average molecular weight is 517 g/mol. The zero-order valence-corrected chi connectivity index (χ0v) is 21.0. The Morgan fingerprint density at radius 1 is 0.618 bits per heavy atom. The van der Waals surface area contributed by atoms with Gasteiger partial charge in [0.2, 0.25) is 0 Å². The van der Waals surface area contributed by atoms with Crippen LogP contribution in [0.1, 0.15) is 25.7 Å². The molecule has 3 rings (SSSR count). The minimum atomic E-state index is -4.12. The van der Waals surface area contributed by atoms with Crippen molar-refractivity contribution in [3.8, 4) is 23.0 Å². The van der Waals surface area contributed by atoms with Gasteiger partial charge in [-0.15, -0.1) is 0 Å². The Hall–Kier alpha value is -2.54. The molecule has 0 N–H and O–H groups in total. The molecule has 2 aromatic carbocycles. The summed E-state index contributed by atoms with van der Waals surface area (Å²) in [4.78, 5) is -0.183. The maximum atomic E-state index is 12.8. The van der Waals surface area contributed by atoms with Crippen LogP contribution in [0.25, 0.3) is 0 Å². The third-order valence-corrected chi connectivity index (χ3v) is 8.10. The van der Waals surface area contributed by atoms with Gasteiger partial charge in [-0.3, -0.25) is 8.37 Å². The van der Waals surface area contributed by atoms with Crippen LogP contribution in [-0.4, -0.2) is 57.5 Å². The minimum absolute atomic E-state index is 0.0915. The normalized spacial score (nSPS) is 18.8. The average Bonchev–Trinajstić information content (AvgIpc) is 2.82. The first-order valence-corrected chi connectivity index (χ1v) is 13.3. The highest BCUT2D eigenvalue weighted by Gasteiger charge is 2.32. The molecule has 10 nitrogen and oxygen atoms in total. The number of rotatable bonds is 10. The van der Waals surface area contributed by atoms with Crippen molar-refractivity contribution >= 4 is 20.2 Å². The maximum Gasteiger partial charge on any atom is 0.297 e. The Balaban J connectivity index is 1.72. The van der Waals surface area contributed by atoms with E-state index >= 15 is 0 Å². The highest BCUT2D eigenvalue weighted by atomic mass is 32.2. The van der Waals surface area contributed by atoms with Crippen LogP contribution in [0.2, 0.25) is 0 Å². The summed E-state index contributed by atoms with van der Waals surface area (Å²) in [6.07, 6.45) is 0.0537. The van der Waals surface area contributed by atoms with E-state index in [-0.39, 0.29) is 27.7 Å². The number of benzene rings is 2. The van der Waals surface area contributed by atoms with Gasteiger partial charge < -0.3 is 18.9 Å². The van der Waals surface area contributed by atoms with Crippen LogP contribution in [0.5, 0.6) is 23.0 Å². The van der Waals surface area contributed by atoms with Crippen molar-refractivity contribution in [2.24, 2.45) is 0 Å². The fraction of sp³-hybridized carbons (Fsp3) is 0.455. The summed E-state index contributed by atoms with van der Waals surface area (Å²) in [5, 5.41) is 0. The minimum Gasteiger partial charge on any atom is -0.493 e. The fourth-order valence-electron chi connectivity index (χ4n) is 3.69. The third-order valence-electron chi connectivity index (χ3n) is 5.39. The van der Waals surface area contributed by atoms with Gasteiger partial charge in [-0.2, -0.15) is 16.8 Å². The molecule has 0 aromatic heterocycles. The van der Waals surface area contributed by atoms with Crippen LogP contribution >= 0.6 is 0 Å². The SMILES string of the molecule is COc1ccc(S(=O)(=O)OC2CCCC(OS(=O)(=O)c3ccc(OC)c(OC)c3)C2)cc1OC. The van der Waals surface area contributed by atoms with Crippen molar-refractivity contribution in [1.29, 1.82) is 0 Å². The largest absolute Gasteiger partial charge is 0.493 e. The lowest BCUT2D eigenvalue weighted by molar-refractivity contribution is 0.0759. The highest BCUT2D eigenvalue weighted by molar-refractivity contribution is 7.87. The van der Waals surface area contributed by atoms with E-state index in [1.165, 1.54) is 64.8 Å². The predicted octanol–water partition coefficient (Wildman–Crippen LogP) is 3.14. The number of methoxy groups -OCH3 is 4. The first-order valence-electron chi connectivity index (χ1n) is 10.4. The molecule has 1 aliphatic carbocycles. The summed E-state index contributed by atoms with van der Waals surface area (Å²) in [6.45, 7) is 0. The second-order valence-electron chi connectivity index (χ2n) is 7.54. The first-order chi connectivity index (χ1) is 16.1. The van der Waals surface area contributed by atoms with Crippen LogP contribution in [0.3, 0.4) is 0 Å². The van der Waals surface area contributed by atoms with Crippen molar-refractivity contribution < 1.29 is 44.1 Å². The van der Waals surface area contributed by atoms with E-state index in [2.05, 4.69) is 0 Å². The topological polar surface area (TPSA) is 124 Å². The van der Waals surface area contributed by atoms with Crippen molar-refractivity contribution in [3.63, 3.8) is 0 Å². The molecule has 1 aliphatic rings. The van der Waals surface area contributed by atoms with E-state index in [1.807, 2.05) is 0 Å². The van der Waals surface area contributed by atoms with Crippen LogP contribution in [0, 0.1) is 0 Å². The third kappa shape index (κ3) is 5.93. The molecule has 0 amide bonds. The van der Waals surface area contributed by atoms with Gasteiger partial charge >= 0.3 is 0 Å².